The van der Waals surface area contributed by atoms with Crippen LogP contribution in [0.15, 0.2) is 23.1 Å². The number of fused-ring (bicyclic) bond motifs is 1. The number of H-pyrrole nitrogens is 1. The molecule has 1 aromatic heterocycles. The molecule has 1 aromatic carbocycles. The van der Waals surface area contributed by atoms with Crippen molar-refractivity contribution in [2.75, 3.05) is 0 Å². The van der Waals surface area contributed by atoms with Gasteiger partial charge in [-0.2, -0.15) is 8.42 Å². The fourth-order valence-corrected chi connectivity index (χ4v) is 4.87. The van der Waals surface area contributed by atoms with E-state index in [9.17, 15) is 13.0 Å². The molecule has 31 heavy (non-hydrogen) atoms. The average molecular weight is 451 g/mol. The third-order valence-electron chi connectivity index (χ3n) is 6.07. The summed E-state index contributed by atoms with van der Waals surface area (Å²) in [7, 11) is -4.25. The summed E-state index contributed by atoms with van der Waals surface area (Å²) in [5.74, 6) is 0.788. The van der Waals surface area contributed by atoms with Gasteiger partial charge in [0.15, 0.2) is 0 Å². The van der Waals surface area contributed by atoms with Crippen molar-refractivity contribution >= 4 is 21.2 Å². The third-order valence-corrected chi connectivity index (χ3v) is 6.96. The monoisotopic (exact) mass is 450 g/mol. The molecule has 0 amide bonds. The lowest BCUT2D eigenvalue weighted by molar-refractivity contribution is 0.484. The highest BCUT2D eigenvalue weighted by Gasteiger charge is 2.16. The van der Waals surface area contributed by atoms with Crippen molar-refractivity contribution in [2.24, 2.45) is 0 Å². The lowest BCUT2D eigenvalue weighted by atomic mass is 10.0. The molecule has 0 unspecified atom stereocenters. The zero-order valence-electron chi connectivity index (χ0n) is 19.4. The zero-order valence-corrected chi connectivity index (χ0v) is 20.2. The van der Waals surface area contributed by atoms with Gasteiger partial charge in [0.2, 0.25) is 0 Å². The number of nitrogens with one attached hydrogen (secondary N) is 1. The van der Waals surface area contributed by atoms with Crippen LogP contribution in [-0.4, -0.2) is 22.9 Å². The lowest BCUT2D eigenvalue weighted by Gasteiger charge is -2.03. The normalized spacial score (nSPS) is 12.1. The molecule has 176 valence electrons. The van der Waals surface area contributed by atoms with E-state index in [-0.39, 0.29) is 4.90 Å². The van der Waals surface area contributed by atoms with E-state index in [1.165, 1.54) is 102 Å². The molecule has 0 saturated carbocycles. The van der Waals surface area contributed by atoms with Crippen molar-refractivity contribution in [1.82, 2.24) is 9.97 Å². The number of hydrogen-bond donors (Lipinski definition) is 2. The van der Waals surface area contributed by atoms with Crippen LogP contribution < -0.4 is 0 Å². The minimum absolute atomic E-state index is 0.125. The minimum atomic E-state index is -4.25. The van der Waals surface area contributed by atoms with Gasteiger partial charge in [-0.15, -0.1) is 0 Å². The number of unbranched alkanes of at least 4 members (excludes halogenated alkanes) is 15. The Bertz CT molecular complexity index is 846. The Hall–Kier alpha value is -1.40. The molecule has 0 bridgehead atoms. The lowest BCUT2D eigenvalue weighted by Crippen LogP contribution is -1.98. The molecule has 2 N–H and O–H groups in total. The minimum Gasteiger partial charge on any atom is -0.342 e. The maximum atomic E-state index is 11.5. The summed E-state index contributed by atoms with van der Waals surface area (Å²) in [4.78, 5) is 7.44. The molecular formula is C25H42N2O3S. The molecule has 0 fully saturated rings. The molecule has 0 aliphatic carbocycles. The fourth-order valence-electron chi connectivity index (χ4n) is 4.22. The van der Waals surface area contributed by atoms with E-state index in [4.69, 9.17) is 0 Å². The topological polar surface area (TPSA) is 83.1 Å². The summed E-state index contributed by atoms with van der Waals surface area (Å²) in [5.41, 5.74) is 0.984. The molecule has 0 aliphatic rings. The highest BCUT2D eigenvalue weighted by atomic mass is 32.2. The molecule has 2 aromatic rings. The number of aromatic amines is 1. The average Bonchev–Trinajstić information content (AvgIpc) is 3.15. The van der Waals surface area contributed by atoms with Crippen LogP contribution in [0.3, 0.4) is 0 Å². The van der Waals surface area contributed by atoms with E-state index in [2.05, 4.69) is 16.9 Å². The second-order valence-electron chi connectivity index (χ2n) is 8.86. The zero-order chi connectivity index (χ0) is 22.4. The van der Waals surface area contributed by atoms with Crippen LogP contribution in [0, 0.1) is 0 Å². The highest BCUT2D eigenvalue weighted by Crippen LogP contribution is 2.21. The molecule has 0 radical (unpaired) electrons. The van der Waals surface area contributed by atoms with Crippen molar-refractivity contribution in [2.45, 2.75) is 121 Å². The number of nitrogens with zero attached hydrogens (tertiary/aromatic N) is 1. The number of aryl methyl sites for hydroxylation is 1. The van der Waals surface area contributed by atoms with Gasteiger partial charge in [0.1, 0.15) is 16.2 Å². The van der Waals surface area contributed by atoms with Crippen LogP contribution in [0.2, 0.25) is 0 Å². The summed E-state index contributed by atoms with van der Waals surface area (Å²) >= 11 is 0. The van der Waals surface area contributed by atoms with Gasteiger partial charge in [-0.25, -0.2) is 4.98 Å². The van der Waals surface area contributed by atoms with E-state index in [0.717, 1.165) is 18.7 Å². The van der Waals surface area contributed by atoms with Gasteiger partial charge in [0, 0.05) is 6.42 Å². The highest BCUT2D eigenvalue weighted by molar-refractivity contribution is 7.86. The van der Waals surface area contributed by atoms with E-state index in [0.29, 0.717) is 11.0 Å². The van der Waals surface area contributed by atoms with Gasteiger partial charge in [-0.05, 0) is 18.6 Å². The van der Waals surface area contributed by atoms with Gasteiger partial charge in [-0.3, -0.25) is 4.55 Å². The molecule has 0 spiro atoms. The molecule has 0 saturated heterocycles. The first kappa shape index (κ1) is 25.9. The Morgan fingerprint density at radius 1 is 0.774 bits per heavy atom. The van der Waals surface area contributed by atoms with Crippen LogP contribution in [0.1, 0.15) is 115 Å². The van der Waals surface area contributed by atoms with Crippen molar-refractivity contribution in [3.05, 3.63) is 24.0 Å². The first-order valence-corrected chi connectivity index (χ1v) is 13.9. The standard InChI is InChI=1S/C25H42N2O3S/c1-2-3-4-5-6-7-8-9-10-11-12-13-14-15-16-17-21-24-26-22-19-18-20-23(25(22)27-24)31(28,29)30/h18-20H,2-17,21H2,1H3,(H,26,27)(H,28,29,30). The summed E-state index contributed by atoms with van der Waals surface area (Å²) in [6.07, 6.45) is 22.3. The smallest absolute Gasteiger partial charge is 0.296 e. The number of benzene rings is 1. The van der Waals surface area contributed by atoms with Crippen molar-refractivity contribution in [3.8, 4) is 0 Å². The second-order valence-corrected chi connectivity index (χ2v) is 10.3. The summed E-state index contributed by atoms with van der Waals surface area (Å²) in [6, 6.07) is 4.78. The molecule has 6 heteroatoms. The number of aromatic nitrogens is 2. The Morgan fingerprint density at radius 2 is 1.26 bits per heavy atom. The van der Waals surface area contributed by atoms with Crippen molar-refractivity contribution in [1.29, 1.82) is 0 Å². The van der Waals surface area contributed by atoms with Gasteiger partial charge < -0.3 is 4.98 Å². The van der Waals surface area contributed by atoms with Crippen LogP contribution in [-0.2, 0) is 16.5 Å². The molecule has 5 nitrogen and oxygen atoms in total. The largest absolute Gasteiger partial charge is 0.342 e. The van der Waals surface area contributed by atoms with Crippen LogP contribution in [0.25, 0.3) is 11.0 Å². The van der Waals surface area contributed by atoms with Gasteiger partial charge in [0.25, 0.3) is 10.1 Å². The number of imidazole rings is 1. The van der Waals surface area contributed by atoms with E-state index in [1.807, 2.05) is 0 Å². The predicted molar refractivity (Wildman–Crippen MR) is 129 cm³/mol. The van der Waals surface area contributed by atoms with Crippen LogP contribution in [0.4, 0.5) is 0 Å². The second kappa shape index (κ2) is 14.6. The number of para-hydroxylation sites is 1. The Labute approximate surface area is 189 Å². The third kappa shape index (κ3) is 10.2. The first-order valence-electron chi connectivity index (χ1n) is 12.5. The molecule has 2 rings (SSSR count). The Morgan fingerprint density at radius 3 is 1.74 bits per heavy atom. The van der Waals surface area contributed by atoms with Gasteiger partial charge >= 0.3 is 0 Å². The Kier molecular flexibility index (Phi) is 12.2. The summed E-state index contributed by atoms with van der Waals surface area (Å²) < 4.78 is 32.3. The maximum Gasteiger partial charge on any atom is 0.296 e. The Balaban J connectivity index is 1.47. The maximum absolute atomic E-state index is 11.5. The van der Waals surface area contributed by atoms with Gasteiger partial charge in [0.05, 0.1) is 5.52 Å². The molecule has 0 atom stereocenters. The summed E-state index contributed by atoms with van der Waals surface area (Å²) in [5, 5.41) is 0. The number of rotatable bonds is 18. The van der Waals surface area contributed by atoms with Crippen molar-refractivity contribution < 1.29 is 13.0 Å². The predicted octanol–water partition coefficient (Wildman–Crippen LogP) is 7.61. The molecule has 1 heterocycles. The van der Waals surface area contributed by atoms with E-state index in [1.54, 1.807) is 12.1 Å². The van der Waals surface area contributed by atoms with E-state index < -0.39 is 10.1 Å². The first-order chi connectivity index (χ1) is 15.0. The molecular weight excluding hydrogens is 408 g/mol. The SMILES string of the molecule is CCCCCCCCCCCCCCCCCCc1nc2c(S(=O)(=O)O)cccc2[nH]1. The van der Waals surface area contributed by atoms with Gasteiger partial charge in [-0.1, -0.05) is 109 Å². The van der Waals surface area contributed by atoms with E-state index >= 15 is 0 Å². The van der Waals surface area contributed by atoms with Crippen LogP contribution >= 0.6 is 0 Å². The fraction of sp³-hybridized carbons (Fsp3) is 0.720. The van der Waals surface area contributed by atoms with Crippen molar-refractivity contribution in [3.63, 3.8) is 0 Å². The summed E-state index contributed by atoms with van der Waals surface area (Å²) in [6.45, 7) is 2.27. The van der Waals surface area contributed by atoms with Crippen LogP contribution in [0.5, 0.6) is 0 Å². The quantitative estimate of drug-likeness (QED) is 0.181. The molecule has 0 aliphatic heterocycles. The number of hydrogen-bond acceptors (Lipinski definition) is 3.